The van der Waals surface area contributed by atoms with Crippen LogP contribution >= 0.6 is 0 Å². The Labute approximate surface area is 184 Å². The van der Waals surface area contributed by atoms with Gasteiger partial charge in [0.25, 0.3) is 0 Å². The number of hydrogen-bond donors (Lipinski definition) is 1. The quantitative estimate of drug-likeness (QED) is 0.769. The van der Waals surface area contributed by atoms with E-state index in [-0.39, 0.29) is 23.3 Å². The van der Waals surface area contributed by atoms with E-state index < -0.39 is 10.0 Å². The van der Waals surface area contributed by atoms with Gasteiger partial charge in [0, 0.05) is 37.6 Å². The Hall–Kier alpha value is -2.42. The van der Waals surface area contributed by atoms with E-state index in [1.54, 1.807) is 30.3 Å². The Morgan fingerprint density at radius 3 is 2.52 bits per heavy atom. The summed E-state index contributed by atoms with van der Waals surface area (Å²) < 4.78 is 32.7. The molecule has 0 aliphatic carbocycles. The number of ether oxygens (including phenoxy) is 1. The van der Waals surface area contributed by atoms with Crippen molar-refractivity contribution in [3.05, 3.63) is 54.1 Å². The van der Waals surface area contributed by atoms with Gasteiger partial charge in [0.15, 0.2) is 0 Å². The highest BCUT2D eigenvalue weighted by molar-refractivity contribution is 7.89. The van der Waals surface area contributed by atoms with Gasteiger partial charge in [-0.25, -0.2) is 8.42 Å². The summed E-state index contributed by atoms with van der Waals surface area (Å²) in [5, 5.41) is 3.02. The van der Waals surface area contributed by atoms with Crippen LogP contribution in [0.5, 0.6) is 0 Å². The van der Waals surface area contributed by atoms with Crippen molar-refractivity contribution in [2.75, 3.05) is 49.6 Å². The molecule has 1 amide bonds. The molecule has 166 valence electrons. The number of morpholine rings is 1. The van der Waals surface area contributed by atoms with Crippen LogP contribution in [0.1, 0.15) is 18.4 Å². The molecule has 2 aromatic rings. The van der Waals surface area contributed by atoms with Crippen molar-refractivity contribution < 1.29 is 17.9 Å². The average Bonchev–Trinajstić information content (AvgIpc) is 2.81. The van der Waals surface area contributed by atoms with Gasteiger partial charge < -0.3 is 15.0 Å². The maximum absolute atomic E-state index is 13.0. The molecule has 0 bridgehead atoms. The second-order valence-electron chi connectivity index (χ2n) is 8.10. The summed E-state index contributed by atoms with van der Waals surface area (Å²) in [6.45, 7) is 5.79. The second-order valence-corrected chi connectivity index (χ2v) is 10.0. The summed E-state index contributed by atoms with van der Waals surface area (Å²) in [6, 6.07) is 14.4. The fourth-order valence-corrected chi connectivity index (χ4v) is 5.70. The number of carbonyl (C=O) groups is 1. The highest BCUT2D eigenvalue weighted by Gasteiger charge is 2.33. The van der Waals surface area contributed by atoms with Gasteiger partial charge in [-0.2, -0.15) is 4.31 Å². The molecular formula is C23H29N3O4S. The van der Waals surface area contributed by atoms with Crippen LogP contribution in [0.15, 0.2) is 53.4 Å². The summed E-state index contributed by atoms with van der Waals surface area (Å²) in [6.07, 6.45) is 1.34. The molecule has 2 aliphatic rings. The van der Waals surface area contributed by atoms with Crippen LogP contribution in [-0.2, 0) is 19.6 Å². The molecule has 7 nitrogen and oxygen atoms in total. The largest absolute Gasteiger partial charge is 0.378 e. The number of rotatable bonds is 5. The van der Waals surface area contributed by atoms with E-state index in [0.29, 0.717) is 19.4 Å². The number of nitrogens with zero attached hydrogens (tertiary/aromatic N) is 2. The smallest absolute Gasteiger partial charge is 0.243 e. The lowest BCUT2D eigenvalue weighted by Crippen LogP contribution is -2.43. The van der Waals surface area contributed by atoms with Crippen molar-refractivity contribution in [2.24, 2.45) is 5.92 Å². The number of carbonyl (C=O) groups excluding carboxylic acids is 1. The summed E-state index contributed by atoms with van der Waals surface area (Å²) in [7, 11) is -3.59. The number of amides is 1. The number of hydrogen-bond acceptors (Lipinski definition) is 5. The number of anilines is 2. The Morgan fingerprint density at radius 2 is 1.81 bits per heavy atom. The second kappa shape index (κ2) is 9.38. The summed E-state index contributed by atoms with van der Waals surface area (Å²) >= 11 is 0. The lowest BCUT2D eigenvalue weighted by atomic mass is 9.98. The van der Waals surface area contributed by atoms with Crippen molar-refractivity contribution >= 4 is 27.3 Å². The van der Waals surface area contributed by atoms with E-state index in [1.165, 1.54) is 4.31 Å². The molecule has 8 heteroatoms. The molecule has 1 atom stereocenters. The van der Waals surface area contributed by atoms with Crippen LogP contribution in [0, 0.1) is 12.8 Å². The van der Waals surface area contributed by atoms with Gasteiger partial charge in [-0.15, -0.1) is 0 Å². The van der Waals surface area contributed by atoms with E-state index in [0.717, 1.165) is 43.2 Å². The molecule has 1 N–H and O–H groups in total. The van der Waals surface area contributed by atoms with Gasteiger partial charge in [-0.3, -0.25) is 4.79 Å². The minimum absolute atomic E-state index is 0.129. The van der Waals surface area contributed by atoms with Crippen LogP contribution in [0.4, 0.5) is 11.4 Å². The van der Waals surface area contributed by atoms with Crippen molar-refractivity contribution in [2.45, 2.75) is 24.7 Å². The molecule has 2 heterocycles. The maximum Gasteiger partial charge on any atom is 0.243 e. The number of aryl methyl sites for hydroxylation is 1. The summed E-state index contributed by atoms with van der Waals surface area (Å²) in [5.74, 6) is -0.499. The molecule has 0 aromatic heterocycles. The monoisotopic (exact) mass is 443 g/mol. The predicted molar refractivity (Wildman–Crippen MR) is 121 cm³/mol. The highest BCUT2D eigenvalue weighted by Crippen LogP contribution is 2.27. The molecule has 2 aromatic carbocycles. The van der Waals surface area contributed by atoms with E-state index in [4.69, 9.17) is 4.74 Å². The van der Waals surface area contributed by atoms with Gasteiger partial charge in [-0.05, 0) is 55.7 Å². The first kappa shape index (κ1) is 21.8. The molecule has 0 spiro atoms. The average molecular weight is 444 g/mol. The number of sulfonamides is 1. The first-order chi connectivity index (χ1) is 14.9. The Balaban J connectivity index is 1.42. The van der Waals surface area contributed by atoms with Crippen LogP contribution in [0.25, 0.3) is 0 Å². The minimum Gasteiger partial charge on any atom is -0.378 e. The third-order valence-electron chi connectivity index (χ3n) is 5.98. The Morgan fingerprint density at radius 1 is 1.06 bits per heavy atom. The summed E-state index contributed by atoms with van der Waals surface area (Å²) in [5.41, 5.74) is 2.88. The molecule has 2 saturated heterocycles. The van der Waals surface area contributed by atoms with Gasteiger partial charge in [-0.1, -0.05) is 18.2 Å². The zero-order valence-corrected chi connectivity index (χ0v) is 18.6. The molecule has 4 rings (SSSR count). The summed E-state index contributed by atoms with van der Waals surface area (Å²) in [4.78, 5) is 15.5. The number of piperidine rings is 1. The number of benzene rings is 2. The fraction of sp³-hybridized carbons (Fsp3) is 0.435. The topological polar surface area (TPSA) is 79.0 Å². The molecular weight excluding hydrogens is 414 g/mol. The van der Waals surface area contributed by atoms with Crippen molar-refractivity contribution in [1.29, 1.82) is 0 Å². The normalized spacial score (nSPS) is 20.4. The molecule has 1 unspecified atom stereocenters. The minimum atomic E-state index is -3.59. The standard InChI is InChI=1S/C23H29N3O4S/c1-18-16-20(25-12-14-30-15-13-25)9-10-22(18)24-23(27)19-6-5-11-26(17-19)31(28,29)21-7-3-2-4-8-21/h2-4,7-10,16,19H,5-6,11-15,17H2,1H3,(H,24,27). The predicted octanol–water partition coefficient (Wildman–Crippen LogP) is 2.87. The molecule has 0 saturated carbocycles. The highest BCUT2D eigenvalue weighted by atomic mass is 32.2. The maximum atomic E-state index is 13.0. The lowest BCUT2D eigenvalue weighted by molar-refractivity contribution is -0.120. The van der Waals surface area contributed by atoms with Gasteiger partial charge in [0.05, 0.1) is 24.0 Å². The molecule has 31 heavy (non-hydrogen) atoms. The Bertz CT molecular complexity index is 1020. The van der Waals surface area contributed by atoms with E-state index in [2.05, 4.69) is 16.3 Å². The lowest BCUT2D eigenvalue weighted by Gasteiger charge is -2.31. The van der Waals surface area contributed by atoms with Crippen molar-refractivity contribution in [3.8, 4) is 0 Å². The molecule has 2 aliphatic heterocycles. The van der Waals surface area contributed by atoms with Gasteiger partial charge in [0.2, 0.25) is 15.9 Å². The first-order valence-electron chi connectivity index (χ1n) is 10.7. The van der Waals surface area contributed by atoms with E-state index >= 15 is 0 Å². The fourth-order valence-electron chi connectivity index (χ4n) is 4.16. The Kier molecular flexibility index (Phi) is 6.60. The van der Waals surface area contributed by atoms with Gasteiger partial charge >= 0.3 is 0 Å². The van der Waals surface area contributed by atoms with Crippen LogP contribution in [-0.4, -0.2) is 58.0 Å². The van der Waals surface area contributed by atoms with Crippen LogP contribution < -0.4 is 10.2 Å². The van der Waals surface area contributed by atoms with E-state index in [1.807, 2.05) is 19.1 Å². The van der Waals surface area contributed by atoms with E-state index in [9.17, 15) is 13.2 Å². The zero-order valence-electron chi connectivity index (χ0n) is 17.8. The number of nitrogens with one attached hydrogen (secondary N) is 1. The van der Waals surface area contributed by atoms with Crippen LogP contribution in [0.2, 0.25) is 0 Å². The first-order valence-corrected chi connectivity index (χ1v) is 12.2. The van der Waals surface area contributed by atoms with Crippen molar-refractivity contribution in [3.63, 3.8) is 0 Å². The SMILES string of the molecule is Cc1cc(N2CCOCC2)ccc1NC(=O)C1CCCN(S(=O)(=O)c2ccccc2)C1. The zero-order chi connectivity index (χ0) is 21.8. The van der Waals surface area contributed by atoms with Gasteiger partial charge in [0.1, 0.15) is 0 Å². The third kappa shape index (κ3) is 4.92. The molecule has 0 radical (unpaired) electrons. The van der Waals surface area contributed by atoms with Crippen molar-refractivity contribution in [1.82, 2.24) is 4.31 Å². The van der Waals surface area contributed by atoms with Crippen LogP contribution in [0.3, 0.4) is 0 Å². The molecule has 2 fully saturated rings. The third-order valence-corrected chi connectivity index (χ3v) is 7.86.